The molecule has 0 fully saturated rings. The van der Waals surface area contributed by atoms with Crippen LogP contribution < -0.4 is 5.73 Å². The van der Waals surface area contributed by atoms with Crippen LogP contribution in [0.3, 0.4) is 0 Å². The van der Waals surface area contributed by atoms with E-state index in [1.165, 1.54) is 27.3 Å². The third kappa shape index (κ3) is 2.07. The molecule has 2 heteroatoms. The largest absolute Gasteiger partial charge is 0.324 e. The van der Waals surface area contributed by atoms with Gasteiger partial charge < -0.3 is 5.73 Å². The fourth-order valence-electron chi connectivity index (χ4n) is 3.76. The van der Waals surface area contributed by atoms with Crippen molar-refractivity contribution in [3.63, 3.8) is 0 Å². The summed E-state index contributed by atoms with van der Waals surface area (Å²) < 4.78 is 0. The number of fused-ring (bicyclic) bond motifs is 2. The molecule has 1 nitrogen and oxygen atoms in total. The molecule has 4 rings (SSSR count). The van der Waals surface area contributed by atoms with Gasteiger partial charge in [0.25, 0.3) is 0 Å². The fourth-order valence-corrected chi connectivity index (χ4v) is 5.01. The Balaban J connectivity index is 1.57. The molecule has 102 valence electrons. The summed E-state index contributed by atoms with van der Waals surface area (Å²) in [6.07, 6.45) is 3.17. The van der Waals surface area contributed by atoms with Gasteiger partial charge in [0, 0.05) is 16.2 Å². The SMILES string of the molecule is NC1(CC2CSc3ccccc32)Cc2ccccc2C1. The molecular formula is C18H19NS. The normalized spacial score (nSPS) is 22.6. The van der Waals surface area contributed by atoms with Crippen LogP contribution in [0.2, 0.25) is 0 Å². The predicted molar refractivity (Wildman–Crippen MR) is 85.3 cm³/mol. The summed E-state index contributed by atoms with van der Waals surface area (Å²) in [6.45, 7) is 0. The average molecular weight is 281 g/mol. The molecule has 1 atom stereocenters. The monoisotopic (exact) mass is 281 g/mol. The van der Waals surface area contributed by atoms with Crippen LogP contribution in [0.15, 0.2) is 53.4 Å². The first-order valence-electron chi connectivity index (χ1n) is 7.31. The van der Waals surface area contributed by atoms with Crippen LogP contribution in [0, 0.1) is 0 Å². The first-order chi connectivity index (χ1) is 9.73. The maximum absolute atomic E-state index is 6.74. The Morgan fingerprint density at radius 2 is 1.65 bits per heavy atom. The van der Waals surface area contributed by atoms with Gasteiger partial charge in [0.05, 0.1) is 0 Å². The molecule has 0 bridgehead atoms. The van der Waals surface area contributed by atoms with E-state index in [4.69, 9.17) is 5.73 Å². The molecule has 1 aliphatic carbocycles. The summed E-state index contributed by atoms with van der Waals surface area (Å²) in [5.41, 5.74) is 11.1. The number of hydrogen-bond acceptors (Lipinski definition) is 2. The van der Waals surface area contributed by atoms with E-state index in [-0.39, 0.29) is 5.54 Å². The van der Waals surface area contributed by atoms with E-state index < -0.39 is 0 Å². The second kappa shape index (κ2) is 4.64. The molecule has 1 unspecified atom stereocenters. The molecule has 2 aliphatic rings. The van der Waals surface area contributed by atoms with Gasteiger partial charge in [-0.2, -0.15) is 0 Å². The summed E-state index contributed by atoms with van der Waals surface area (Å²) in [7, 11) is 0. The van der Waals surface area contributed by atoms with Crippen molar-refractivity contribution < 1.29 is 0 Å². The van der Waals surface area contributed by atoms with Crippen molar-refractivity contribution in [2.75, 3.05) is 5.75 Å². The molecule has 1 aliphatic heterocycles. The minimum atomic E-state index is -0.0492. The zero-order valence-corrected chi connectivity index (χ0v) is 12.3. The van der Waals surface area contributed by atoms with Crippen molar-refractivity contribution >= 4 is 11.8 Å². The highest BCUT2D eigenvalue weighted by molar-refractivity contribution is 7.99. The van der Waals surface area contributed by atoms with E-state index in [1.54, 1.807) is 0 Å². The van der Waals surface area contributed by atoms with Crippen LogP contribution in [0.4, 0.5) is 0 Å². The Labute approximate surface area is 124 Å². The van der Waals surface area contributed by atoms with Crippen LogP contribution in [-0.2, 0) is 12.8 Å². The van der Waals surface area contributed by atoms with Gasteiger partial charge in [-0.25, -0.2) is 0 Å². The second-order valence-corrected chi connectivity index (χ2v) is 7.30. The number of thioether (sulfide) groups is 1. The van der Waals surface area contributed by atoms with Crippen molar-refractivity contribution in [1.29, 1.82) is 0 Å². The molecule has 20 heavy (non-hydrogen) atoms. The van der Waals surface area contributed by atoms with E-state index in [0.717, 1.165) is 19.3 Å². The first kappa shape index (κ1) is 12.5. The van der Waals surface area contributed by atoms with Gasteiger partial charge in [-0.15, -0.1) is 11.8 Å². The van der Waals surface area contributed by atoms with Gasteiger partial charge in [-0.3, -0.25) is 0 Å². The zero-order chi connectivity index (χ0) is 13.6. The quantitative estimate of drug-likeness (QED) is 0.907. The van der Waals surface area contributed by atoms with Crippen LogP contribution in [-0.4, -0.2) is 11.3 Å². The van der Waals surface area contributed by atoms with E-state index in [9.17, 15) is 0 Å². The predicted octanol–water partition coefficient (Wildman–Crippen LogP) is 3.76. The minimum absolute atomic E-state index is 0.0492. The number of rotatable bonds is 2. The van der Waals surface area contributed by atoms with Crippen molar-refractivity contribution in [2.45, 2.75) is 35.6 Å². The second-order valence-electron chi connectivity index (χ2n) is 6.23. The lowest BCUT2D eigenvalue weighted by Gasteiger charge is -2.27. The Bertz CT molecular complexity index is 624. The number of nitrogens with two attached hydrogens (primary N) is 1. The molecule has 0 saturated heterocycles. The summed E-state index contributed by atoms with van der Waals surface area (Å²) >= 11 is 1.99. The van der Waals surface area contributed by atoms with Crippen LogP contribution >= 0.6 is 11.8 Å². The first-order valence-corrected chi connectivity index (χ1v) is 8.29. The number of benzene rings is 2. The van der Waals surface area contributed by atoms with E-state index in [0.29, 0.717) is 5.92 Å². The van der Waals surface area contributed by atoms with Gasteiger partial charge in [-0.05, 0) is 47.9 Å². The Hall–Kier alpha value is -1.25. The summed E-state index contributed by atoms with van der Waals surface area (Å²) in [5, 5.41) is 0. The molecule has 0 aromatic heterocycles. The van der Waals surface area contributed by atoms with Crippen molar-refractivity contribution in [3.05, 3.63) is 65.2 Å². The molecule has 0 saturated carbocycles. The molecule has 0 amide bonds. The minimum Gasteiger partial charge on any atom is -0.324 e. The molecular weight excluding hydrogens is 262 g/mol. The Kier molecular flexibility index (Phi) is 2.90. The fraction of sp³-hybridized carbons (Fsp3) is 0.333. The standard InChI is InChI=1S/C18H19NS/c19-18(9-13-5-1-2-6-14(13)10-18)11-15-12-20-17-8-4-3-7-16(15)17/h1-8,15H,9-12,19H2. The maximum atomic E-state index is 6.74. The third-order valence-corrected chi connectivity index (χ3v) is 5.91. The van der Waals surface area contributed by atoms with Crippen LogP contribution in [0.5, 0.6) is 0 Å². The summed E-state index contributed by atoms with van der Waals surface area (Å²) in [4.78, 5) is 1.46. The lowest BCUT2D eigenvalue weighted by molar-refractivity contribution is 0.387. The molecule has 2 N–H and O–H groups in total. The highest BCUT2D eigenvalue weighted by Gasteiger charge is 2.37. The van der Waals surface area contributed by atoms with E-state index in [1.807, 2.05) is 11.8 Å². The van der Waals surface area contributed by atoms with E-state index >= 15 is 0 Å². The molecule has 0 radical (unpaired) electrons. The van der Waals surface area contributed by atoms with Crippen LogP contribution in [0.1, 0.15) is 29.0 Å². The van der Waals surface area contributed by atoms with Gasteiger partial charge in [0.15, 0.2) is 0 Å². The zero-order valence-electron chi connectivity index (χ0n) is 11.5. The summed E-state index contributed by atoms with van der Waals surface area (Å²) in [5.74, 6) is 1.81. The molecule has 0 spiro atoms. The molecule has 1 heterocycles. The Morgan fingerprint density at radius 1 is 1.00 bits per heavy atom. The summed E-state index contributed by atoms with van der Waals surface area (Å²) in [6, 6.07) is 17.6. The highest BCUT2D eigenvalue weighted by atomic mass is 32.2. The van der Waals surface area contributed by atoms with Gasteiger partial charge >= 0.3 is 0 Å². The van der Waals surface area contributed by atoms with Crippen molar-refractivity contribution in [1.82, 2.24) is 0 Å². The lowest BCUT2D eigenvalue weighted by Crippen LogP contribution is -2.42. The maximum Gasteiger partial charge on any atom is 0.0242 e. The topological polar surface area (TPSA) is 26.0 Å². The van der Waals surface area contributed by atoms with E-state index in [2.05, 4.69) is 48.5 Å². The Morgan fingerprint density at radius 3 is 2.40 bits per heavy atom. The van der Waals surface area contributed by atoms with Gasteiger partial charge in [0.2, 0.25) is 0 Å². The van der Waals surface area contributed by atoms with Gasteiger partial charge in [-0.1, -0.05) is 42.5 Å². The smallest absolute Gasteiger partial charge is 0.0242 e. The average Bonchev–Trinajstić information content (AvgIpc) is 2.99. The van der Waals surface area contributed by atoms with Gasteiger partial charge in [0.1, 0.15) is 0 Å². The lowest BCUT2D eigenvalue weighted by atomic mass is 9.83. The van der Waals surface area contributed by atoms with Crippen LogP contribution in [0.25, 0.3) is 0 Å². The highest BCUT2D eigenvalue weighted by Crippen LogP contribution is 2.44. The van der Waals surface area contributed by atoms with Crippen molar-refractivity contribution in [3.8, 4) is 0 Å². The molecule has 2 aromatic rings. The number of hydrogen-bond donors (Lipinski definition) is 1. The van der Waals surface area contributed by atoms with Crippen molar-refractivity contribution in [2.24, 2.45) is 5.73 Å². The molecule has 2 aromatic carbocycles. The third-order valence-electron chi connectivity index (χ3n) is 4.66.